The second-order valence-electron chi connectivity index (χ2n) is 5.81. The van der Waals surface area contributed by atoms with Crippen LogP contribution in [0.3, 0.4) is 0 Å². The van der Waals surface area contributed by atoms with Crippen molar-refractivity contribution in [3.05, 3.63) is 48.5 Å². The molecule has 0 unspecified atom stereocenters. The maximum absolute atomic E-state index is 5.54. The fraction of sp³-hybridized carbons (Fsp3) is 0.278. The van der Waals surface area contributed by atoms with Crippen LogP contribution in [0.25, 0.3) is 0 Å². The van der Waals surface area contributed by atoms with Crippen molar-refractivity contribution < 1.29 is 9.47 Å². The van der Waals surface area contributed by atoms with Crippen LogP contribution in [0, 0.1) is 0 Å². The molecule has 2 aliphatic heterocycles. The van der Waals surface area contributed by atoms with Crippen LogP contribution in [0.1, 0.15) is 0 Å². The Hall–Kier alpha value is -2.47. The molecule has 124 valence electrons. The standard InChI is InChI=1S/C18H19N3O2S/c24-18(19-14-4-2-1-3-5-14)21-10-8-20(9-11-21)15-6-7-16-17(12-15)23-13-22-16/h1-7,12H,8-11,13H2,(H,19,24). The number of anilines is 2. The predicted molar refractivity (Wildman–Crippen MR) is 99.0 cm³/mol. The quantitative estimate of drug-likeness (QED) is 0.847. The van der Waals surface area contributed by atoms with Gasteiger partial charge in [0.05, 0.1) is 0 Å². The highest BCUT2D eigenvalue weighted by atomic mass is 32.1. The maximum Gasteiger partial charge on any atom is 0.231 e. The van der Waals surface area contributed by atoms with Gasteiger partial charge in [0.2, 0.25) is 6.79 Å². The summed E-state index contributed by atoms with van der Waals surface area (Å²) in [5.41, 5.74) is 2.20. The number of rotatable bonds is 2. The largest absolute Gasteiger partial charge is 0.454 e. The first kappa shape index (κ1) is 15.1. The molecule has 1 N–H and O–H groups in total. The van der Waals surface area contributed by atoms with E-state index in [2.05, 4.69) is 27.2 Å². The molecular weight excluding hydrogens is 322 g/mol. The minimum Gasteiger partial charge on any atom is -0.454 e. The van der Waals surface area contributed by atoms with Crippen molar-refractivity contribution in [2.75, 3.05) is 43.2 Å². The molecule has 2 aliphatic rings. The Labute approximate surface area is 146 Å². The zero-order valence-electron chi connectivity index (χ0n) is 13.3. The molecule has 0 bridgehead atoms. The fourth-order valence-corrected chi connectivity index (χ4v) is 3.27. The molecule has 0 aromatic heterocycles. The molecule has 0 aliphatic carbocycles. The number of hydrogen-bond donors (Lipinski definition) is 1. The van der Waals surface area contributed by atoms with Gasteiger partial charge in [-0.2, -0.15) is 0 Å². The van der Waals surface area contributed by atoms with Gasteiger partial charge < -0.3 is 24.6 Å². The molecular formula is C18H19N3O2S. The highest BCUT2D eigenvalue weighted by Crippen LogP contribution is 2.35. The molecule has 2 aromatic carbocycles. The van der Waals surface area contributed by atoms with Gasteiger partial charge in [0.25, 0.3) is 0 Å². The molecule has 2 aromatic rings. The molecule has 4 rings (SSSR count). The van der Waals surface area contributed by atoms with Gasteiger partial charge in [-0.25, -0.2) is 0 Å². The minimum atomic E-state index is 0.311. The first-order valence-corrected chi connectivity index (χ1v) is 8.46. The number of hydrogen-bond acceptors (Lipinski definition) is 4. The summed E-state index contributed by atoms with van der Waals surface area (Å²) in [6, 6.07) is 16.2. The lowest BCUT2D eigenvalue weighted by Crippen LogP contribution is -2.50. The first-order chi connectivity index (χ1) is 11.8. The summed E-state index contributed by atoms with van der Waals surface area (Å²) in [5.74, 6) is 1.65. The number of nitrogens with one attached hydrogen (secondary N) is 1. The van der Waals surface area contributed by atoms with Crippen LogP contribution in [-0.2, 0) is 0 Å². The number of thiocarbonyl (C=S) groups is 1. The van der Waals surface area contributed by atoms with E-state index in [0.29, 0.717) is 6.79 Å². The first-order valence-electron chi connectivity index (χ1n) is 8.05. The van der Waals surface area contributed by atoms with E-state index in [-0.39, 0.29) is 0 Å². The van der Waals surface area contributed by atoms with Gasteiger partial charge in [0, 0.05) is 43.6 Å². The van der Waals surface area contributed by atoms with E-state index in [0.717, 1.165) is 48.5 Å². The SMILES string of the molecule is S=C(Nc1ccccc1)N1CCN(c2ccc3c(c2)OCO3)CC1. The molecule has 24 heavy (non-hydrogen) atoms. The van der Waals surface area contributed by atoms with E-state index >= 15 is 0 Å². The van der Waals surface area contributed by atoms with Crippen molar-refractivity contribution in [3.63, 3.8) is 0 Å². The third-order valence-electron chi connectivity index (χ3n) is 4.31. The molecule has 0 saturated carbocycles. The van der Waals surface area contributed by atoms with Gasteiger partial charge >= 0.3 is 0 Å². The summed E-state index contributed by atoms with van der Waals surface area (Å²) in [6.07, 6.45) is 0. The van der Waals surface area contributed by atoms with Crippen LogP contribution in [0.2, 0.25) is 0 Å². The number of fused-ring (bicyclic) bond motifs is 1. The van der Waals surface area contributed by atoms with Crippen molar-refractivity contribution in [1.29, 1.82) is 0 Å². The van der Waals surface area contributed by atoms with Crippen molar-refractivity contribution in [2.45, 2.75) is 0 Å². The highest BCUT2D eigenvalue weighted by molar-refractivity contribution is 7.80. The summed E-state index contributed by atoms with van der Waals surface area (Å²) in [7, 11) is 0. The lowest BCUT2D eigenvalue weighted by atomic mass is 10.2. The van der Waals surface area contributed by atoms with Crippen molar-refractivity contribution >= 4 is 28.7 Å². The summed E-state index contributed by atoms with van der Waals surface area (Å²) in [5, 5.41) is 4.09. The Morgan fingerprint density at radius 2 is 1.67 bits per heavy atom. The number of piperazine rings is 1. The Kier molecular flexibility index (Phi) is 4.13. The minimum absolute atomic E-state index is 0.311. The smallest absolute Gasteiger partial charge is 0.231 e. The molecule has 1 saturated heterocycles. The average Bonchev–Trinajstić information content (AvgIpc) is 3.10. The zero-order chi connectivity index (χ0) is 16.4. The zero-order valence-corrected chi connectivity index (χ0v) is 14.1. The maximum atomic E-state index is 5.54. The Morgan fingerprint density at radius 1 is 0.917 bits per heavy atom. The Balaban J connectivity index is 1.35. The van der Waals surface area contributed by atoms with E-state index in [4.69, 9.17) is 21.7 Å². The normalized spacial score (nSPS) is 16.2. The van der Waals surface area contributed by atoms with E-state index in [1.807, 2.05) is 36.4 Å². The predicted octanol–water partition coefficient (Wildman–Crippen LogP) is 2.93. The van der Waals surface area contributed by atoms with Crippen LogP contribution >= 0.6 is 12.2 Å². The van der Waals surface area contributed by atoms with E-state index in [9.17, 15) is 0 Å². The fourth-order valence-electron chi connectivity index (χ4n) is 2.97. The van der Waals surface area contributed by atoms with Gasteiger partial charge in [0.15, 0.2) is 16.6 Å². The van der Waals surface area contributed by atoms with E-state index < -0.39 is 0 Å². The van der Waals surface area contributed by atoms with Gasteiger partial charge in [-0.05, 0) is 36.5 Å². The number of nitrogens with zero attached hydrogens (tertiary/aromatic N) is 2. The molecule has 6 heteroatoms. The van der Waals surface area contributed by atoms with E-state index in [1.165, 1.54) is 5.69 Å². The monoisotopic (exact) mass is 341 g/mol. The highest BCUT2D eigenvalue weighted by Gasteiger charge is 2.21. The molecule has 0 amide bonds. The molecule has 2 heterocycles. The number of benzene rings is 2. The molecule has 5 nitrogen and oxygen atoms in total. The summed E-state index contributed by atoms with van der Waals surface area (Å²) in [4.78, 5) is 4.56. The summed E-state index contributed by atoms with van der Waals surface area (Å²) in [6.45, 7) is 3.96. The van der Waals surface area contributed by atoms with Crippen LogP contribution in [0.15, 0.2) is 48.5 Å². The molecule has 0 atom stereocenters. The van der Waals surface area contributed by atoms with E-state index in [1.54, 1.807) is 0 Å². The van der Waals surface area contributed by atoms with Gasteiger partial charge in [-0.3, -0.25) is 0 Å². The number of ether oxygens (including phenoxy) is 2. The van der Waals surface area contributed by atoms with Gasteiger partial charge in [-0.15, -0.1) is 0 Å². The number of para-hydroxylation sites is 1. The van der Waals surface area contributed by atoms with Crippen LogP contribution in [-0.4, -0.2) is 43.0 Å². The van der Waals surface area contributed by atoms with Gasteiger partial charge in [0.1, 0.15) is 0 Å². The Bertz CT molecular complexity index is 730. The lowest BCUT2D eigenvalue weighted by molar-refractivity contribution is 0.174. The molecule has 0 radical (unpaired) electrons. The summed E-state index contributed by atoms with van der Waals surface area (Å²) < 4.78 is 10.8. The molecule has 0 spiro atoms. The third-order valence-corrected chi connectivity index (χ3v) is 4.67. The van der Waals surface area contributed by atoms with Crippen LogP contribution in [0.5, 0.6) is 11.5 Å². The second kappa shape index (κ2) is 6.57. The van der Waals surface area contributed by atoms with Crippen molar-refractivity contribution in [1.82, 2.24) is 4.90 Å². The third kappa shape index (κ3) is 3.10. The van der Waals surface area contributed by atoms with Gasteiger partial charge in [-0.1, -0.05) is 18.2 Å². The topological polar surface area (TPSA) is 37.0 Å². The Morgan fingerprint density at radius 3 is 2.46 bits per heavy atom. The molecule has 1 fully saturated rings. The average molecular weight is 341 g/mol. The lowest BCUT2D eigenvalue weighted by Gasteiger charge is -2.37. The van der Waals surface area contributed by atoms with Crippen molar-refractivity contribution in [2.24, 2.45) is 0 Å². The van der Waals surface area contributed by atoms with Crippen LogP contribution < -0.4 is 19.7 Å². The second-order valence-corrected chi connectivity index (χ2v) is 6.19. The van der Waals surface area contributed by atoms with Crippen molar-refractivity contribution in [3.8, 4) is 11.5 Å². The van der Waals surface area contributed by atoms with Crippen LogP contribution in [0.4, 0.5) is 11.4 Å². The summed E-state index contributed by atoms with van der Waals surface area (Å²) >= 11 is 5.54.